The van der Waals surface area contributed by atoms with Crippen LogP contribution in [-0.2, 0) is 22.1 Å². The van der Waals surface area contributed by atoms with Crippen LogP contribution in [0.1, 0.15) is 51.0 Å². The van der Waals surface area contributed by atoms with Gasteiger partial charge in [0, 0.05) is 18.8 Å². The Morgan fingerprint density at radius 2 is 1.94 bits per heavy atom. The van der Waals surface area contributed by atoms with Gasteiger partial charge in [-0.15, -0.1) is 0 Å². The van der Waals surface area contributed by atoms with Crippen molar-refractivity contribution < 1.29 is 17.5 Å². The van der Waals surface area contributed by atoms with Crippen LogP contribution in [0.2, 0.25) is 0 Å². The van der Waals surface area contributed by atoms with Crippen LogP contribution in [0.5, 0.6) is 5.75 Å². The van der Waals surface area contributed by atoms with Crippen molar-refractivity contribution in [3.8, 4) is 5.75 Å². The molecular weight excluding hydrogens is 487 g/mol. The van der Waals surface area contributed by atoms with Gasteiger partial charge in [-0.25, -0.2) is 22.3 Å². The van der Waals surface area contributed by atoms with Gasteiger partial charge >= 0.3 is 5.69 Å². The van der Waals surface area contributed by atoms with E-state index in [0.29, 0.717) is 56.9 Å². The highest BCUT2D eigenvalue weighted by atomic mass is 32.2. The summed E-state index contributed by atoms with van der Waals surface area (Å²) in [6, 6.07) is 5.83. The van der Waals surface area contributed by atoms with E-state index in [4.69, 9.17) is 4.74 Å². The van der Waals surface area contributed by atoms with E-state index in [1.54, 1.807) is 12.1 Å². The third-order valence-electron chi connectivity index (χ3n) is 6.39. The van der Waals surface area contributed by atoms with Gasteiger partial charge in [-0.05, 0) is 83.3 Å². The van der Waals surface area contributed by atoms with Gasteiger partial charge in [-0.1, -0.05) is 12.5 Å². The second kappa shape index (κ2) is 12.2. The van der Waals surface area contributed by atoms with Gasteiger partial charge in [0.25, 0.3) is 5.56 Å². The summed E-state index contributed by atoms with van der Waals surface area (Å²) in [6.07, 6.45) is 5.70. The first-order chi connectivity index (χ1) is 17.0. The maximum Gasteiger partial charge on any atom is 0.328 e. The highest BCUT2D eigenvalue weighted by molar-refractivity contribution is 7.89. The monoisotopic (exact) mass is 524 g/mol. The molecule has 1 unspecified atom stereocenters. The largest absolute Gasteiger partial charge is 0.490 e. The number of nitrogens with one attached hydrogen (secondary N) is 2. The third-order valence-corrected chi connectivity index (χ3v) is 7.98. The van der Waals surface area contributed by atoms with Crippen molar-refractivity contribution >= 4 is 10.0 Å². The molecule has 1 atom stereocenters. The Labute approximate surface area is 211 Å². The van der Waals surface area contributed by atoms with Crippen molar-refractivity contribution in [3.05, 3.63) is 62.7 Å². The smallest absolute Gasteiger partial charge is 0.328 e. The van der Waals surface area contributed by atoms with Gasteiger partial charge < -0.3 is 14.2 Å². The molecule has 1 aromatic heterocycles. The van der Waals surface area contributed by atoms with Crippen LogP contribution < -0.4 is 20.7 Å². The molecule has 2 N–H and O–H groups in total. The number of H-pyrrole nitrogens is 1. The number of halogens is 1. The maximum atomic E-state index is 14.4. The Balaban J connectivity index is 1.63. The number of hydrogen-bond donors (Lipinski definition) is 2. The van der Waals surface area contributed by atoms with Crippen molar-refractivity contribution in [2.75, 3.05) is 33.0 Å². The number of ether oxygens (including phenoxy) is 1. The van der Waals surface area contributed by atoms with Crippen molar-refractivity contribution in [1.29, 1.82) is 0 Å². The molecule has 0 spiro atoms. The zero-order chi connectivity index (χ0) is 26.3. The first kappa shape index (κ1) is 28.1. The molecule has 3 rings (SSSR count). The molecule has 1 aliphatic rings. The molecule has 200 valence electrons. The quantitative estimate of drug-likeness (QED) is 0.346. The van der Waals surface area contributed by atoms with Crippen molar-refractivity contribution in [2.24, 2.45) is 5.92 Å². The van der Waals surface area contributed by atoms with Crippen LogP contribution in [0.3, 0.4) is 0 Å². The van der Waals surface area contributed by atoms with Crippen LogP contribution in [0.15, 0.2) is 40.1 Å². The van der Waals surface area contributed by atoms with Crippen molar-refractivity contribution in [2.45, 2.75) is 57.5 Å². The second-order valence-electron chi connectivity index (χ2n) is 10.1. The number of nitrogens with zero attached hydrogens (tertiary/aromatic N) is 2. The van der Waals surface area contributed by atoms with Crippen molar-refractivity contribution in [3.63, 3.8) is 0 Å². The SMILES string of the molecule is CN(C)CCC(C)(NS(=O)(=O)CCCCCn1ccc(=O)[nH]c1=O)c1ccc(F)c(OCC2CC2)c1. The lowest BCUT2D eigenvalue weighted by molar-refractivity contribution is 0.281. The number of aromatic amines is 1. The maximum absolute atomic E-state index is 14.4. The molecule has 1 aromatic carbocycles. The fraction of sp³-hybridized carbons (Fsp3) is 0.600. The predicted octanol–water partition coefficient (Wildman–Crippen LogP) is 2.42. The first-order valence-electron chi connectivity index (χ1n) is 12.4. The molecule has 1 heterocycles. The lowest BCUT2D eigenvalue weighted by Crippen LogP contribution is -2.46. The Morgan fingerprint density at radius 1 is 1.19 bits per heavy atom. The minimum absolute atomic E-state index is 0.0721. The summed E-state index contributed by atoms with van der Waals surface area (Å²) < 4.78 is 50.4. The van der Waals surface area contributed by atoms with Crippen LogP contribution in [0.4, 0.5) is 4.39 Å². The zero-order valence-corrected chi connectivity index (χ0v) is 22.1. The van der Waals surface area contributed by atoms with E-state index >= 15 is 0 Å². The summed E-state index contributed by atoms with van der Waals surface area (Å²) in [5.74, 6) is 0.0811. The van der Waals surface area contributed by atoms with Crippen LogP contribution in [-0.4, -0.2) is 55.9 Å². The average Bonchev–Trinajstić information content (AvgIpc) is 3.62. The molecule has 1 saturated carbocycles. The number of hydrogen-bond acceptors (Lipinski definition) is 6. The zero-order valence-electron chi connectivity index (χ0n) is 21.3. The van der Waals surface area contributed by atoms with E-state index in [-0.39, 0.29) is 11.5 Å². The van der Waals surface area contributed by atoms with E-state index in [2.05, 4.69) is 9.71 Å². The molecule has 0 bridgehead atoms. The molecule has 0 aliphatic heterocycles. The van der Waals surface area contributed by atoms with Gasteiger partial charge in [0.15, 0.2) is 11.6 Å². The first-order valence-corrected chi connectivity index (χ1v) is 14.0. The Bertz CT molecular complexity index is 1240. The van der Waals surface area contributed by atoms with Gasteiger partial charge in [-0.2, -0.15) is 0 Å². The highest BCUT2D eigenvalue weighted by Gasteiger charge is 2.32. The lowest BCUT2D eigenvalue weighted by atomic mass is 9.89. The van der Waals surface area contributed by atoms with Gasteiger partial charge in [0.1, 0.15) is 0 Å². The fourth-order valence-electron chi connectivity index (χ4n) is 3.92. The Kier molecular flexibility index (Phi) is 9.48. The number of aromatic nitrogens is 2. The Morgan fingerprint density at radius 3 is 2.61 bits per heavy atom. The summed E-state index contributed by atoms with van der Waals surface area (Å²) in [5.41, 5.74) is -1.23. The van der Waals surface area contributed by atoms with E-state index in [9.17, 15) is 22.4 Å². The molecule has 11 heteroatoms. The second-order valence-corrected chi connectivity index (χ2v) is 11.9. The molecule has 1 fully saturated rings. The highest BCUT2D eigenvalue weighted by Crippen LogP contribution is 2.33. The summed E-state index contributed by atoms with van der Waals surface area (Å²) in [4.78, 5) is 27.1. The summed E-state index contributed by atoms with van der Waals surface area (Å²) >= 11 is 0. The molecule has 36 heavy (non-hydrogen) atoms. The number of rotatable bonds is 15. The molecule has 0 radical (unpaired) electrons. The predicted molar refractivity (Wildman–Crippen MR) is 137 cm³/mol. The van der Waals surface area contributed by atoms with Gasteiger partial charge in [0.2, 0.25) is 10.0 Å². The standard InChI is InChI=1S/C25H37FN4O5S/c1-25(12-15-29(2)3,20-9-10-21(26)22(17-20)35-18-19-7-8-19)28-36(33,34)16-6-4-5-13-30-14-11-23(31)27-24(30)32/h9-11,14,17,19,28H,4-8,12-13,15-16,18H2,1-3H3,(H,27,31,32). The summed E-state index contributed by atoms with van der Waals surface area (Å²) in [7, 11) is 0.176. The molecule has 2 aromatic rings. The molecular formula is C25H37FN4O5S. The molecule has 9 nitrogen and oxygen atoms in total. The number of sulfonamides is 1. The van der Waals surface area contributed by atoms with Crippen molar-refractivity contribution in [1.82, 2.24) is 19.2 Å². The third kappa shape index (κ3) is 8.56. The van der Waals surface area contributed by atoms with Crippen LogP contribution in [0.25, 0.3) is 0 Å². The Hall–Kier alpha value is -2.50. The minimum Gasteiger partial charge on any atom is -0.490 e. The molecule has 1 aliphatic carbocycles. The fourth-order valence-corrected chi connectivity index (χ4v) is 5.51. The number of aryl methyl sites for hydroxylation is 1. The average molecular weight is 525 g/mol. The summed E-state index contributed by atoms with van der Waals surface area (Å²) in [6.45, 7) is 3.30. The number of benzene rings is 1. The lowest BCUT2D eigenvalue weighted by Gasteiger charge is -2.32. The van der Waals surface area contributed by atoms with Crippen LogP contribution >= 0.6 is 0 Å². The normalized spacial score (nSPS) is 15.7. The van der Waals surface area contributed by atoms with E-state index in [1.165, 1.54) is 22.9 Å². The number of unbranched alkanes of at least 4 members (excludes halogenated alkanes) is 2. The van der Waals surface area contributed by atoms with E-state index in [0.717, 1.165) is 12.8 Å². The molecule has 0 saturated heterocycles. The van der Waals surface area contributed by atoms with Gasteiger partial charge in [0.05, 0.1) is 17.9 Å². The molecule has 0 amide bonds. The topological polar surface area (TPSA) is 113 Å². The minimum atomic E-state index is -3.65. The van der Waals surface area contributed by atoms with Crippen LogP contribution in [0, 0.1) is 11.7 Å². The summed E-state index contributed by atoms with van der Waals surface area (Å²) in [5, 5.41) is 0. The van der Waals surface area contributed by atoms with E-state index < -0.39 is 32.6 Å². The van der Waals surface area contributed by atoms with Gasteiger partial charge in [-0.3, -0.25) is 9.78 Å². The van der Waals surface area contributed by atoms with E-state index in [1.807, 2.05) is 25.9 Å².